The molecule has 1 amide bonds. The molecule has 0 aromatic heterocycles. The number of rotatable bonds is 3. The Balaban J connectivity index is 2.17. The van der Waals surface area contributed by atoms with Crippen molar-refractivity contribution in [1.29, 1.82) is 0 Å². The highest BCUT2D eigenvalue weighted by molar-refractivity contribution is 7.90. The SMILES string of the molecule is C[C@H](CS(C)(=O)=O)C(=O)N1CCc2ccc(C(C)(C)C)cc2C1. The Morgan fingerprint density at radius 1 is 1.26 bits per heavy atom. The summed E-state index contributed by atoms with van der Waals surface area (Å²) in [5, 5.41) is 0. The van der Waals surface area contributed by atoms with Gasteiger partial charge in [0.25, 0.3) is 0 Å². The van der Waals surface area contributed by atoms with Crippen LogP contribution in [0.15, 0.2) is 18.2 Å². The molecule has 2 rings (SSSR count). The molecule has 1 aromatic carbocycles. The van der Waals surface area contributed by atoms with Gasteiger partial charge in [-0.25, -0.2) is 8.42 Å². The van der Waals surface area contributed by atoms with E-state index in [1.165, 1.54) is 22.9 Å². The first-order chi connectivity index (χ1) is 10.5. The highest BCUT2D eigenvalue weighted by Gasteiger charge is 2.27. The molecular formula is C18H27NO3S. The summed E-state index contributed by atoms with van der Waals surface area (Å²) in [6, 6.07) is 6.52. The Bertz CT molecular complexity index is 701. The first-order valence-electron chi connectivity index (χ1n) is 8.06. The molecule has 1 heterocycles. The van der Waals surface area contributed by atoms with Crippen molar-refractivity contribution in [3.63, 3.8) is 0 Å². The standard InChI is InChI=1S/C18H27NO3S/c1-13(12-23(5,21)22)17(20)19-9-8-14-6-7-16(18(2,3)4)10-15(14)11-19/h6-7,10,13H,8-9,11-12H2,1-5H3/t13-/m1/s1. The van der Waals surface area contributed by atoms with Gasteiger partial charge in [-0.15, -0.1) is 0 Å². The van der Waals surface area contributed by atoms with Crippen LogP contribution in [-0.2, 0) is 33.0 Å². The number of sulfone groups is 1. The van der Waals surface area contributed by atoms with Crippen molar-refractivity contribution < 1.29 is 13.2 Å². The van der Waals surface area contributed by atoms with Gasteiger partial charge >= 0.3 is 0 Å². The summed E-state index contributed by atoms with van der Waals surface area (Å²) in [4.78, 5) is 14.3. The summed E-state index contributed by atoms with van der Waals surface area (Å²) in [6.07, 6.45) is 2.01. The number of benzene rings is 1. The van der Waals surface area contributed by atoms with E-state index in [4.69, 9.17) is 0 Å². The van der Waals surface area contributed by atoms with E-state index in [2.05, 4.69) is 39.0 Å². The molecular weight excluding hydrogens is 310 g/mol. The molecule has 1 aliphatic rings. The van der Waals surface area contributed by atoms with Gasteiger partial charge < -0.3 is 4.90 Å². The van der Waals surface area contributed by atoms with E-state index in [1.807, 2.05) is 0 Å². The van der Waals surface area contributed by atoms with Crippen molar-refractivity contribution in [2.45, 2.75) is 46.1 Å². The number of fused-ring (bicyclic) bond motifs is 1. The van der Waals surface area contributed by atoms with E-state index >= 15 is 0 Å². The van der Waals surface area contributed by atoms with Crippen LogP contribution in [0.1, 0.15) is 44.4 Å². The lowest BCUT2D eigenvalue weighted by Crippen LogP contribution is -2.40. The normalized spacial score (nSPS) is 16.8. The summed E-state index contributed by atoms with van der Waals surface area (Å²) in [7, 11) is -3.14. The van der Waals surface area contributed by atoms with Crippen molar-refractivity contribution >= 4 is 15.7 Å². The molecule has 0 radical (unpaired) electrons. The van der Waals surface area contributed by atoms with Crippen LogP contribution in [-0.4, -0.2) is 37.8 Å². The first-order valence-corrected chi connectivity index (χ1v) is 10.1. The van der Waals surface area contributed by atoms with E-state index in [0.717, 1.165) is 6.42 Å². The van der Waals surface area contributed by atoms with Gasteiger partial charge in [0.1, 0.15) is 9.84 Å². The molecule has 0 bridgehead atoms. The van der Waals surface area contributed by atoms with Gasteiger partial charge in [-0.2, -0.15) is 0 Å². The minimum absolute atomic E-state index is 0.0674. The van der Waals surface area contributed by atoms with Crippen LogP contribution in [0.4, 0.5) is 0 Å². The second kappa shape index (κ2) is 6.27. The van der Waals surface area contributed by atoms with Gasteiger partial charge in [0.2, 0.25) is 5.91 Å². The van der Waals surface area contributed by atoms with Gasteiger partial charge in [0.05, 0.1) is 5.75 Å². The molecule has 0 saturated heterocycles. The maximum Gasteiger partial charge on any atom is 0.226 e. The van der Waals surface area contributed by atoms with Crippen LogP contribution in [0.2, 0.25) is 0 Å². The summed E-state index contributed by atoms with van der Waals surface area (Å²) in [5.41, 5.74) is 3.81. The van der Waals surface area contributed by atoms with Crippen molar-refractivity contribution in [1.82, 2.24) is 4.90 Å². The lowest BCUT2D eigenvalue weighted by atomic mass is 9.84. The molecule has 1 aromatic rings. The molecule has 128 valence electrons. The molecule has 1 atom stereocenters. The van der Waals surface area contributed by atoms with E-state index in [0.29, 0.717) is 13.1 Å². The predicted molar refractivity (Wildman–Crippen MR) is 93.1 cm³/mol. The first kappa shape index (κ1) is 18.0. The molecule has 4 nitrogen and oxygen atoms in total. The Morgan fingerprint density at radius 2 is 1.91 bits per heavy atom. The second-order valence-corrected chi connectivity index (χ2v) is 9.92. The quantitative estimate of drug-likeness (QED) is 0.852. The van der Waals surface area contributed by atoms with Gasteiger partial charge in [0, 0.05) is 25.3 Å². The molecule has 5 heteroatoms. The van der Waals surface area contributed by atoms with Crippen LogP contribution in [0.5, 0.6) is 0 Å². The number of carbonyl (C=O) groups is 1. The van der Waals surface area contributed by atoms with Gasteiger partial charge in [0.15, 0.2) is 0 Å². The van der Waals surface area contributed by atoms with Crippen LogP contribution < -0.4 is 0 Å². The molecule has 0 fully saturated rings. The predicted octanol–water partition coefficient (Wildman–Crippen LogP) is 2.55. The lowest BCUT2D eigenvalue weighted by Gasteiger charge is -2.32. The number of hydrogen-bond acceptors (Lipinski definition) is 3. The third-order valence-corrected chi connectivity index (χ3v) is 5.48. The fourth-order valence-corrected chi connectivity index (χ4v) is 4.10. The highest BCUT2D eigenvalue weighted by Crippen LogP contribution is 2.28. The Labute approximate surface area is 139 Å². The van der Waals surface area contributed by atoms with E-state index in [9.17, 15) is 13.2 Å². The zero-order valence-electron chi connectivity index (χ0n) is 14.7. The Hall–Kier alpha value is -1.36. The third-order valence-electron chi connectivity index (χ3n) is 4.37. The Morgan fingerprint density at radius 3 is 2.48 bits per heavy atom. The molecule has 0 saturated carbocycles. The Kier molecular flexibility index (Phi) is 4.90. The van der Waals surface area contributed by atoms with E-state index in [1.54, 1.807) is 11.8 Å². The molecule has 0 spiro atoms. The molecule has 23 heavy (non-hydrogen) atoms. The summed E-state index contributed by atoms with van der Waals surface area (Å²) >= 11 is 0. The largest absolute Gasteiger partial charge is 0.338 e. The van der Waals surface area contributed by atoms with Crippen molar-refractivity contribution in [2.75, 3.05) is 18.6 Å². The van der Waals surface area contributed by atoms with Crippen LogP contribution >= 0.6 is 0 Å². The van der Waals surface area contributed by atoms with Crippen LogP contribution in [0.3, 0.4) is 0 Å². The fraction of sp³-hybridized carbons (Fsp3) is 0.611. The zero-order valence-corrected chi connectivity index (χ0v) is 15.5. The number of carbonyl (C=O) groups excluding carboxylic acids is 1. The monoisotopic (exact) mass is 337 g/mol. The lowest BCUT2D eigenvalue weighted by molar-refractivity contribution is -0.135. The minimum atomic E-state index is -3.14. The molecule has 0 aliphatic carbocycles. The summed E-state index contributed by atoms with van der Waals surface area (Å²) < 4.78 is 22.8. The van der Waals surface area contributed by atoms with Crippen LogP contribution in [0.25, 0.3) is 0 Å². The van der Waals surface area contributed by atoms with Gasteiger partial charge in [-0.1, -0.05) is 45.9 Å². The van der Waals surface area contributed by atoms with E-state index < -0.39 is 15.8 Å². The van der Waals surface area contributed by atoms with Gasteiger partial charge in [-0.3, -0.25) is 4.79 Å². The summed E-state index contributed by atoms with van der Waals surface area (Å²) in [5.74, 6) is -0.642. The second-order valence-electron chi connectivity index (χ2n) is 7.74. The van der Waals surface area contributed by atoms with Crippen LogP contribution in [0, 0.1) is 5.92 Å². The van der Waals surface area contributed by atoms with Crippen molar-refractivity contribution in [3.8, 4) is 0 Å². The van der Waals surface area contributed by atoms with Crippen molar-refractivity contribution in [2.24, 2.45) is 5.92 Å². The number of amides is 1. The smallest absolute Gasteiger partial charge is 0.226 e. The third kappa shape index (κ3) is 4.56. The molecule has 0 N–H and O–H groups in total. The zero-order chi connectivity index (χ0) is 17.4. The van der Waals surface area contributed by atoms with Crippen molar-refractivity contribution in [3.05, 3.63) is 34.9 Å². The molecule has 0 unspecified atom stereocenters. The summed E-state index contributed by atoms with van der Waals surface area (Å²) in [6.45, 7) is 9.46. The average molecular weight is 337 g/mol. The fourth-order valence-electron chi connectivity index (χ4n) is 3.05. The van der Waals surface area contributed by atoms with E-state index in [-0.39, 0.29) is 17.1 Å². The topological polar surface area (TPSA) is 54.5 Å². The average Bonchev–Trinajstić information content (AvgIpc) is 2.42. The maximum absolute atomic E-state index is 12.5. The van der Waals surface area contributed by atoms with Gasteiger partial charge in [-0.05, 0) is 28.5 Å². The number of nitrogens with zero attached hydrogens (tertiary/aromatic N) is 1. The maximum atomic E-state index is 12.5. The molecule has 1 aliphatic heterocycles. The number of hydrogen-bond donors (Lipinski definition) is 0. The minimum Gasteiger partial charge on any atom is -0.338 e. The highest BCUT2D eigenvalue weighted by atomic mass is 32.2.